The zero-order valence-electron chi connectivity index (χ0n) is 13.8. The maximum atomic E-state index is 5.59. The van der Waals surface area contributed by atoms with Crippen LogP contribution in [0, 0.1) is 20.8 Å². The number of imidazole rings is 2. The van der Waals surface area contributed by atoms with E-state index in [9.17, 15) is 0 Å². The second-order valence-electron chi connectivity index (χ2n) is 6.10. The average molecular weight is 303 g/mol. The first-order valence-electron chi connectivity index (χ1n) is 7.86. The number of rotatable bonds is 5. The van der Waals surface area contributed by atoms with Crippen molar-refractivity contribution >= 4 is 0 Å². The van der Waals surface area contributed by atoms with E-state index in [4.69, 9.17) is 9.72 Å². The first-order valence-corrected chi connectivity index (χ1v) is 7.86. The van der Waals surface area contributed by atoms with Crippen LogP contribution in [-0.4, -0.2) is 50.7 Å². The van der Waals surface area contributed by atoms with Crippen LogP contribution in [0.5, 0.6) is 0 Å². The summed E-state index contributed by atoms with van der Waals surface area (Å²) in [4.78, 5) is 14.9. The average Bonchev–Trinajstić information content (AvgIpc) is 3.17. The van der Waals surface area contributed by atoms with Crippen LogP contribution in [0.3, 0.4) is 0 Å². The number of nitrogens with zero attached hydrogens (tertiary/aromatic N) is 4. The van der Waals surface area contributed by atoms with Gasteiger partial charge in [-0.1, -0.05) is 0 Å². The lowest BCUT2D eigenvalue weighted by atomic mass is 10.2. The highest BCUT2D eigenvalue weighted by Crippen LogP contribution is 2.32. The zero-order valence-corrected chi connectivity index (χ0v) is 13.8. The van der Waals surface area contributed by atoms with Gasteiger partial charge in [-0.3, -0.25) is 4.90 Å². The Kier molecular flexibility index (Phi) is 4.31. The molecular formula is C16H25N5O. The lowest BCUT2D eigenvalue weighted by molar-refractivity contribution is 0.107. The van der Waals surface area contributed by atoms with E-state index in [1.807, 2.05) is 19.3 Å². The number of aryl methyl sites for hydroxylation is 3. The fourth-order valence-electron chi connectivity index (χ4n) is 3.17. The summed E-state index contributed by atoms with van der Waals surface area (Å²) in [6.45, 7) is 9.04. The molecule has 0 aromatic carbocycles. The monoisotopic (exact) mass is 303 g/mol. The maximum Gasteiger partial charge on any atom is 0.124 e. The summed E-state index contributed by atoms with van der Waals surface area (Å²) >= 11 is 0. The number of aromatic amines is 1. The van der Waals surface area contributed by atoms with E-state index in [2.05, 4.69) is 33.3 Å². The van der Waals surface area contributed by atoms with Crippen molar-refractivity contribution in [3.05, 3.63) is 35.4 Å². The molecule has 0 saturated carbocycles. The van der Waals surface area contributed by atoms with E-state index in [0.717, 1.165) is 49.1 Å². The Morgan fingerprint density at radius 1 is 1.32 bits per heavy atom. The SMILES string of the molecule is CO[C@@H]1C[C@@H](c2nc(C)c(C)[nH]2)N(CCn2ccnc2C)C1. The van der Waals surface area contributed by atoms with Gasteiger partial charge in [0.15, 0.2) is 0 Å². The van der Waals surface area contributed by atoms with Crippen molar-refractivity contribution in [2.24, 2.45) is 0 Å². The Labute approximate surface area is 131 Å². The Balaban J connectivity index is 1.73. The number of nitrogens with one attached hydrogen (secondary N) is 1. The second kappa shape index (κ2) is 6.22. The lowest BCUT2D eigenvalue weighted by Gasteiger charge is -2.23. The first-order chi connectivity index (χ1) is 10.6. The van der Waals surface area contributed by atoms with Crippen molar-refractivity contribution in [2.45, 2.75) is 45.9 Å². The highest BCUT2D eigenvalue weighted by Gasteiger charge is 2.34. The molecule has 6 nitrogen and oxygen atoms in total. The van der Waals surface area contributed by atoms with E-state index < -0.39 is 0 Å². The Hall–Kier alpha value is -1.66. The largest absolute Gasteiger partial charge is 0.380 e. The van der Waals surface area contributed by atoms with Crippen LogP contribution < -0.4 is 0 Å². The van der Waals surface area contributed by atoms with Crippen molar-refractivity contribution in [1.82, 2.24) is 24.4 Å². The topological polar surface area (TPSA) is 59.0 Å². The minimum absolute atomic E-state index is 0.277. The molecule has 3 heterocycles. The summed E-state index contributed by atoms with van der Waals surface area (Å²) in [6.07, 6.45) is 5.16. The minimum Gasteiger partial charge on any atom is -0.380 e. The van der Waals surface area contributed by atoms with Gasteiger partial charge in [0.2, 0.25) is 0 Å². The molecular weight excluding hydrogens is 278 g/mol. The highest BCUT2D eigenvalue weighted by atomic mass is 16.5. The Morgan fingerprint density at radius 2 is 2.14 bits per heavy atom. The Bertz CT molecular complexity index is 613. The van der Waals surface area contributed by atoms with Gasteiger partial charge in [-0.2, -0.15) is 0 Å². The molecule has 1 aliphatic rings. The predicted molar refractivity (Wildman–Crippen MR) is 84.8 cm³/mol. The van der Waals surface area contributed by atoms with Gasteiger partial charge in [0.05, 0.1) is 17.8 Å². The van der Waals surface area contributed by atoms with Gasteiger partial charge in [0.25, 0.3) is 0 Å². The second-order valence-corrected chi connectivity index (χ2v) is 6.10. The van der Waals surface area contributed by atoms with Gasteiger partial charge < -0.3 is 14.3 Å². The molecule has 0 spiro atoms. The van der Waals surface area contributed by atoms with Crippen LogP contribution in [0.15, 0.2) is 12.4 Å². The standard InChI is InChI=1S/C16H25N5O/c1-11-12(2)19-16(18-11)15-9-14(22-4)10-21(15)8-7-20-6-5-17-13(20)3/h5-6,14-15H,7-10H2,1-4H3,(H,18,19)/t14-,15+/m1/s1. The fraction of sp³-hybridized carbons (Fsp3) is 0.625. The number of hydrogen-bond donors (Lipinski definition) is 1. The molecule has 0 unspecified atom stereocenters. The van der Waals surface area contributed by atoms with Crippen LogP contribution in [0.4, 0.5) is 0 Å². The van der Waals surface area contributed by atoms with E-state index >= 15 is 0 Å². The molecule has 1 aliphatic heterocycles. The van der Waals surface area contributed by atoms with Crippen molar-refractivity contribution in [2.75, 3.05) is 20.2 Å². The highest BCUT2D eigenvalue weighted by molar-refractivity contribution is 5.14. The predicted octanol–water partition coefficient (Wildman–Crippen LogP) is 1.99. The van der Waals surface area contributed by atoms with Crippen LogP contribution in [-0.2, 0) is 11.3 Å². The van der Waals surface area contributed by atoms with E-state index in [1.165, 1.54) is 0 Å². The van der Waals surface area contributed by atoms with Crippen LogP contribution in [0.1, 0.15) is 35.5 Å². The van der Waals surface area contributed by atoms with Crippen molar-refractivity contribution in [1.29, 1.82) is 0 Å². The molecule has 22 heavy (non-hydrogen) atoms. The summed E-state index contributed by atoms with van der Waals surface area (Å²) in [5.74, 6) is 2.13. The molecule has 3 rings (SSSR count). The summed E-state index contributed by atoms with van der Waals surface area (Å²) in [5.41, 5.74) is 2.24. The number of ether oxygens (including phenoxy) is 1. The number of aromatic nitrogens is 4. The Morgan fingerprint density at radius 3 is 2.73 bits per heavy atom. The quantitative estimate of drug-likeness (QED) is 0.918. The fourth-order valence-corrected chi connectivity index (χ4v) is 3.17. The van der Waals surface area contributed by atoms with Gasteiger partial charge in [-0.05, 0) is 27.2 Å². The minimum atomic E-state index is 0.277. The normalized spacial score (nSPS) is 22.5. The van der Waals surface area contributed by atoms with Crippen LogP contribution in [0.25, 0.3) is 0 Å². The van der Waals surface area contributed by atoms with Crippen LogP contribution in [0.2, 0.25) is 0 Å². The molecule has 1 saturated heterocycles. The molecule has 1 N–H and O–H groups in total. The molecule has 0 amide bonds. The summed E-state index contributed by atoms with van der Waals surface area (Å²) in [5, 5.41) is 0. The van der Waals surface area contributed by atoms with Crippen molar-refractivity contribution < 1.29 is 4.74 Å². The summed E-state index contributed by atoms with van der Waals surface area (Å²) < 4.78 is 7.78. The van der Waals surface area contributed by atoms with Crippen molar-refractivity contribution in [3.8, 4) is 0 Å². The van der Waals surface area contributed by atoms with Gasteiger partial charge in [-0.15, -0.1) is 0 Å². The van der Waals surface area contributed by atoms with E-state index in [-0.39, 0.29) is 6.10 Å². The number of likely N-dealkylation sites (tertiary alicyclic amines) is 1. The van der Waals surface area contributed by atoms with Gasteiger partial charge in [-0.25, -0.2) is 9.97 Å². The summed E-state index contributed by atoms with van der Waals surface area (Å²) in [6, 6.07) is 0.307. The van der Waals surface area contributed by atoms with Gasteiger partial charge in [0, 0.05) is 44.8 Å². The maximum absolute atomic E-state index is 5.59. The number of methoxy groups -OCH3 is 1. The van der Waals surface area contributed by atoms with E-state index in [0.29, 0.717) is 6.04 Å². The molecule has 2 aromatic rings. The number of H-pyrrole nitrogens is 1. The molecule has 0 bridgehead atoms. The molecule has 1 fully saturated rings. The molecule has 0 aliphatic carbocycles. The van der Waals surface area contributed by atoms with Crippen LogP contribution >= 0.6 is 0 Å². The van der Waals surface area contributed by atoms with E-state index in [1.54, 1.807) is 7.11 Å². The van der Waals surface area contributed by atoms with Crippen molar-refractivity contribution in [3.63, 3.8) is 0 Å². The molecule has 120 valence electrons. The summed E-state index contributed by atoms with van der Waals surface area (Å²) in [7, 11) is 1.80. The molecule has 0 radical (unpaired) electrons. The third kappa shape index (κ3) is 2.94. The first kappa shape index (κ1) is 15.2. The smallest absolute Gasteiger partial charge is 0.124 e. The lowest BCUT2D eigenvalue weighted by Crippen LogP contribution is -2.29. The molecule has 2 atom stereocenters. The van der Waals surface area contributed by atoms with Gasteiger partial charge >= 0.3 is 0 Å². The third-order valence-electron chi connectivity index (χ3n) is 4.71. The zero-order chi connectivity index (χ0) is 15.7. The van der Waals surface area contributed by atoms with Gasteiger partial charge in [0.1, 0.15) is 11.6 Å². The number of hydrogen-bond acceptors (Lipinski definition) is 4. The molecule has 6 heteroatoms. The third-order valence-corrected chi connectivity index (χ3v) is 4.71. The molecule has 2 aromatic heterocycles.